The molecule has 3 aliphatic rings. The van der Waals surface area contributed by atoms with Gasteiger partial charge in [0.2, 0.25) is 0 Å². The first kappa shape index (κ1) is 18.6. The number of hydrogen-bond donors (Lipinski definition) is 0. The molecule has 4 heterocycles. The third-order valence-electron chi connectivity index (χ3n) is 6.96. The van der Waals surface area contributed by atoms with Gasteiger partial charge in [-0.3, -0.25) is 9.80 Å². The van der Waals surface area contributed by atoms with Crippen molar-refractivity contribution in [1.29, 1.82) is 0 Å². The van der Waals surface area contributed by atoms with Crippen LogP contribution in [0.3, 0.4) is 0 Å². The van der Waals surface area contributed by atoms with Gasteiger partial charge in [0.1, 0.15) is 15.8 Å². The highest BCUT2D eigenvalue weighted by Gasteiger charge is 2.46. The van der Waals surface area contributed by atoms with Crippen LogP contribution in [0.5, 0.6) is 0 Å². The SMILES string of the molecule is Cc1nnc(CN2C[C@H]3C[C@@H](C2)[C@H](Cc2cccc(F)c2)N2CCCC[C@@H]32)s1. The Labute approximate surface area is 170 Å². The Morgan fingerprint density at radius 3 is 2.89 bits per heavy atom. The number of benzene rings is 1. The molecule has 5 rings (SSSR count). The van der Waals surface area contributed by atoms with E-state index >= 15 is 0 Å². The summed E-state index contributed by atoms with van der Waals surface area (Å²) in [4.78, 5) is 5.42. The predicted octanol–water partition coefficient (Wildman–Crippen LogP) is 3.90. The van der Waals surface area contributed by atoms with E-state index in [2.05, 4.69) is 26.1 Å². The highest BCUT2D eigenvalue weighted by atomic mass is 32.1. The van der Waals surface area contributed by atoms with Crippen molar-refractivity contribution in [3.63, 3.8) is 0 Å². The minimum absolute atomic E-state index is 0.113. The van der Waals surface area contributed by atoms with Gasteiger partial charge in [-0.25, -0.2) is 4.39 Å². The van der Waals surface area contributed by atoms with E-state index in [0.29, 0.717) is 18.0 Å². The summed E-state index contributed by atoms with van der Waals surface area (Å²) in [5.41, 5.74) is 1.14. The maximum atomic E-state index is 13.8. The van der Waals surface area contributed by atoms with E-state index in [1.165, 1.54) is 38.8 Å². The number of likely N-dealkylation sites (tertiary alicyclic amines) is 1. The van der Waals surface area contributed by atoms with E-state index in [1.54, 1.807) is 23.5 Å². The van der Waals surface area contributed by atoms with Crippen LogP contribution >= 0.6 is 11.3 Å². The molecule has 1 aromatic heterocycles. The fourth-order valence-electron chi connectivity index (χ4n) is 5.91. The van der Waals surface area contributed by atoms with Crippen molar-refractivity contribution in [2.45, 2.75) is 57.7 Å². The number of rotatable bonds is 4. The second-order valence-corrected chi connectivity index (χ2v) is 10.1. The molecule has 28 heavy (non-hydrogen) atoms. The van der Waals surface area contributed by atoms with Crippen molar-refractivity contribution in [2.24, 2.45) is 11.8 Å². The van der Waals surface area contributed by atoms with Gasteiger partial charge in [-0.05, 0) is 68.7 Å². The Bertz CT molecular complexity index is 824. The lowest BCUT2D eigenvalue weighted by Crippen LogP contribution is -2.63. The van der Waals surface area contributed by atoms with Gasteiger partial charge in [0.05, 0.1) is 6.54 Å². The molecule has 0 saturated carbocycles. The molecule has 0 N–H and O–H groups in total. The first-order valence-corrected chi connectivity index (χ1v) is 11.5. The second-order valence-electron chi connectivity index (χ2n) is 8.87. The van der Waals surface area contributed by atoms with E-state index < -0.39 is 0 Å². The molecular weight excluding hydrogens is 371 g/mol. The number of nitrogens with zero attached hydrogens (tertiary/aromatic N) is 4. The Balaban J connectivity index is 1.38. The molecule has 3 saturated heterocycles. The predicted molar refractivity (Wildman–Crippen MR) is 110 cm³/mol. The molecule has 4 nitrogen and oxygen atoms in total. The van der Waals surface area contributed by atoms with Crippen LogP contribution in [0.2, 0.25) is 0 Å². The minimum atomic E-state index is -0.113. The molecule has 2 bridgehead atoms. The Hall–Kier alpha value is -1.37. The van der Waals surface area contributed by atoms with Gasteiger partial charge in [-0.2, -0.15) is 0 Å². The lowest BCUT2D eigenvalue weighted by atomic mass is 9.71. The zero-order valence-corrected chi connectivity index (χ0v) is 17.4. The highest BCUT2D eigenvalue weighted by Crippen LogP contribution is 2.42. The van der Waals surface area contributed by atoms with Gasteiger partial charge in [-0.15, -0.1) is 21.5 Å². The van der Waals surface area contributed by atoms with Crippen LogP contribution < -0.4 is 0 Å². The van der Waals surface area contributed by atoms with E-state index in [1.807, 2.05) is 13.0 Å². The maximum absolute atomic E-state index is 13.8. The van der Waals surface area contributed by atoms with Gasteiger partial charge < -0.3 is 0 Å². The van der Waals surface area contributed by atoms with Crippen LogP contribution in [-0.2, 0) is 13.0 Å². The first-order chi connectivity index (χ1) is 13.7. The summed E-state index contributed by atoms with van der Waals surface area (Å²) in [5.74, 6) is 1.31. The molecule has 0 amide bonds. The van der Waals surface area contributed by atoms with Gasteiger partial charge in [0, 0.05) is 25.2 Å². The summed E-state index contributed by atoms with van der Waals surface area (Å²) < 4.78 is 13.8. The van der Waals surface area contributed by atoms with Crippen molar-refractivity contribution in [2.75, 3.05) is 19.6 Å². The average Bonchev–Trinajstić information content (AvgIpc) is 3.10. The summed E-state index contributed by atoms with van der Waals surface area (Å²) in [5, 5.41) is 10.7. The smallest absolute Gasteiger partial charge is 0.131 e. The molecule has 0 unspecified atom stereocenters. The van der Waals surface area contributed by atoms with Crippen LogP contribution in [0.25, 0.3) is 0 Å². The topological polar surface area (TPSA) is 32.3 Å². The average molecular weight is 401 g/mol. The van der Waals surface area contributed by atoms with E-state index in [0.717, 1.165) is 41.0 Å². The first-order valence-electron chi connectivity index (χ1n) is 10.7. The van der Waals surface area contributed by atoms with E-state index in [9.17, 15) is 4.39 Å². The summed E-state index contributed by atoms with van der Waals surface area (Å²) in [6.45, 7) is 6.48. The van der Waals surface area contributed by atoms with Crippen LogP contribution in [0.1, 0.15) is 41.3 Å². The van der Waals surface area contributed by atoms with Crippen molar-refractivity contribution in [3.05, 3.63) is 45.7 Å². The Morgan fingerprint density at radius 2 is 2.07 bits per heavy atom. The zero-order chi connectivity index (χ0) is 19.1. The molecule has 1 aromatic carbocycles. The van der Waals surface area contributed by atoms with Crippen molar-refractivity contribution < 1.29 is 4.39 Å². The summed E-state index contributed by atoms with van der Waals surface area (Å²) in [6, 6.07) is 8.46. The molecule has 150 valence electrons. The number of hydrogen-bond acceptors (Lipinski definition) is 5. The summed E-state index contributed by atoms with van der Waals surface area (Å²) >= 11 is 1.72. The lowest BCUT2D eigenvalue weighted by molar-refractivity contribution is -0.0730. The summed E-state index contributed by atoms with van der Waals surface area (Å²) in [7, 11) is 0. The molecule has 0 aliphatic carbocycles. The molecular formula is C22H29FN4S. The zero-order valence-electron chi connectivity index (χ0n) is 16.6. The summed E-state index contributed by atoms with van der Waals surface area (Å²) in [6.07, 6.45) is 6.28. The molecule has 2 aromatic rings. The second kappa shape index (κ2) is 7.81. The molecule has 0 radical (unpaired) electrons. The molecule has 3 aliphatic heterocycles. The number of aryl methyl sites for hydroxylation is 1. The monoisotopic (exact) mass is 400 g/mol. The van der Waals surface area contributed by atoms with Gasteiger partial charge >= 0.3 is 0 Å². The largest absolute Gasteiger partial charge is 0.296 e. The quantitative estimate of drug-likeness (QED) is 0.779. The van der Waals surface area contributed by atoms with E-state index in [-0.39, 0.29) is 5.82 Å². The number of piperidine rings is 3. The highest BCUT2D eigenvalue weighted by molar-refractivity contribution is 7.11. The van der Waals surface area contributed by atoms with Gasteiger partial charge in [-0.1, -0.05) is 18.6 Å². The van der Waals surface area contributed by atoms with Crippen molar-refractivity contribution in [1.82, 2.24) is 20.0 Å². The normalized spacial score (nSPS) is 30.9. The van der Waals surface area contributed by atoms with Crippen LogP contribution in [0, 0.1) is 24.6 Å². The Kier molecular flexibility index (Phi) is 5.20. The Morgan fingerprint density at radius 1 is 1.18 bits per heavy atom. The fraction of sp³-hybridized carbons (Fsp3) is 0.636. The molecule has 4 atom stereocenters. The van der Waals surface area contributed by atoms with Crippen molar-refractivity contribution in [3.8, 4) is 0 Å². The lowest BCUT2D eigenvalue weighted by Gasteiger charge is -2.57. The van der Waals surface area contributed by atoms with Crippen LogP contribution in [0.4, 0.5) is 4.39 Å². The molecule has 6 heteroatoms. The molecule has 3 fully saturated rings. The third-order valence-corrected chi connectivity index (χ3v) is 7.78. The van der Waals surface area contributed by atoms with Crippen LogP contribution in [0.15, 0.2) is 24.3 Å². The minimum Gasteiger partial charge on any atom is -0.296 e. The number of halogens is 1. The fourth-order valence-corrected chi connectivity index (χ4v) is 6.66. The number of fused-ring (bicyclic) bond motifs is 4. The number of aromatic nitrogens is 2. The van der Waals surface area contributed by atoms with Gasteiger partial charge in [0.25, 0.3) is 0 Å². The molecule has 0 spiro atoms. The van der Waals surface area contributed by atoms with Crippen molar-refractivity contribution >= 4 is 11.3 Å². The van der Waals surface area contributed by atoms with Crippen LogP contribution in [-0.4, -0.2) is 51.7 Å². The third kappa shape index (κ3) is 3.74. The standard InChI is InChI=1S/C22H29FN4S/c1-15-24-25-22(28-15)14-26-12-17-11-18(13-26)21(27-8-3-2-7-20(17)27)10-16-5-4-6-19(23)9-16/h4-6,9,17-18,20-21H,2-3,7-8,10-14H2,1H3/t17-,18+,20+,21+/m1/s1. The van der Waals surface area contributed by atoms with E-state index in [4.69, 9.17) is 0 Å². The maximum Gasteiger partial charge on any atom is 0.131 e. The van der Waals surface area contributed by atoms with Gasteiger partial charge in [0.15, 0.2) is 0 Å².